The Morgan fingerprint density at radius 1 is 1.00 bits per heavy atom. The molecule has 0 bridgehead atoms. The number of amides is 2. The van der Waals surface area contributed by atoms with Crippen molar-refractivity contribution in [2.45, 2.75) is 6.10 Å². The molecule has 1 fully saturated rings. The van der Waals surface area contributed by atoms with Gasteiger partial charge < -0.3 is 14.9 Å². The molecule has 1 N–H and O–H groups in total. The molecule has 1 unspecified atom stereocenters. The van der Waals surface area contributed by atoms with Crippen molar-refractivity contribution in [1.82, 2.24) is 14.8 Å². The third-order valence-electron chi connectivity index (χ3n) is 5.12. The van der Waals surface area contributed by atoms with E-state index in [-0.39, 0.29) is 5.91 Å². The topological polar surface area (TPSA) is 73.7 Å². The van der Waals surface area contributed by atoms with Gasteiger partial charge in [-0.3, -0.25) is 9.59 Å². The van der Waals surface area contributed by atoms with Crippen molar-refractivity contribution in [3.05, 3.63) is 66.2 Å². The maximum atomic E-state index is 12.9. The van der Waals surface area contributed by atoms with E-state index >= 15 is 0 Å². The number of benzene rings is 2. The van der Waals surface area contributed by atoms with Gasteiger partial charge in [-0.2, -0.15) is 0 Å². The van der Waals surface area contributed by atoms with Crippen LogP contribution in [0.4, 0.5) is 0 Å². The molecular formula is C22H21N3O3. The van der Waals surface area contributed by atoms with Crippen LogP contribution in [0.3, 0.4) is 0 Å². The first-order chi connectivity index (χ1) is 13.7. The zero-order valence-electron chi connectivity index (χ0n) is 15.4. The average molecular weight is 375 g/mol. The Kier molecular flexibility index (Phi) is 5.04. The molecule has 1 aromatic heterocycles. The van der Waals surface area contributed by atoms with Crippen LogP contribution >= 0.6 is 0 Å². The summed E-state index contributed by atoms with van der Waals surface area (Å²) in [5, 5.41) is 11.7. The van der Waals surface area contributed by atoms with Crippen LogP contribution < -0.4 is 0 Å². The SMILES string of the molecule is O=CN1CCN(C(=O)C(O)c2cc(-c3ccccc3)nc3ccccc23)CC1. The van der Waals surface area contributed by atoms with E-state index in [4.69, 9.17) is 4.98 Å². The number of hydrogen-bond donors (Lipinski definition) is 1. The lowest BCUT2D eigenvalue weighted by atomic mass is 9.99. The van der Waals surface area contributed by atoms with E-state index in [1.807, 2.05) is 54.6 Å². The molecule has 6 heteroatoms. The van der Waals surface area contributed by atoms with Gasteiger partial charge in [-0.1, -0.05) is 48.5 Å². The molecule has 0 aliphatic carbocycles. The highest BCUT2D eigenvalue weighted by Gasteiger charge is 2.28. The number of carbonyl (C=O) groups is 2. The van der Waals surface area contributed by atoms with Crippen LogP contribution in [0.1, 0.15) is 11.7 Å². The van der Waals surface area contributed by atoms with Gasteiger partial charge in [-0.05, 0) is 12.1 Å². The predicted molar refractivity (Wildman–Crippen MR) is 106 cm³/mol. The fourth-order valence-corrected chi connectivity index (χ4v) is 3.54. The van der Waals surface area contributed by atoms with Crippen molar-refractivity contribution in [2.75, 3.05) is 26.2 Å². The first-order valence-corrected chi connectivity index (χ1v) is 9.28. The van der Waals surface area contributed by atoms with E-state index in [0.29, 0.717) is 37.4 Å². The number of hydrogen-bond acceptors (Lipinski definition) is 4. The number of rotatable bonds is 4. The molecule has 0 radical (unpaired) electrons. The second kappa shape index (κ2) is 7.78. The quantitative estimate of drug-likeness (QED) is 0.710. The Hall–Kier alpha value is -3.25. The molecular weight excluding hydrogens is 354 g/mol. The van der Waals surface area contributed by atoms with Crippen molar-refractivity contribution in [3.63, 3.8) is 0 Å². The number of aliphatic hydroxyl groups is 1. The lowest BCUT2D eigenvalue weighted by molar-refractivity contribution is -0.143. The number of aliphatic hydroxyl groups excluding tert-OH is 1. The first kappa shape index (κ1) is 18.1. The second-order valence-electron chi connectivity index (χ2n) is 6.85. The molecule has 1 saturated heterocycles. The molecule has 1 aliphatic heterocycles. The van der Waals surface area contributed by atoms with Crippen LogP contribution in [0.15, 0.2) is 60.7 Å². The van der Waals surface area contributed by atoms with Crippen molar-refractivity contribution < 1.29 is 14.7 Å². The van der Waals surface area contributed by atoms with Gasteiger partial charge >= 0.3 is 0 Å². The Morgan fingerprint density at radius 2 is 1.68 bits per heavy atom. The molecule has 1 atom stereocenters. The highest BCUT2D eigenvalue weighted by atomic mass is 16.3. The molecule has 28 heavy (non-hydrogen) atoms. The minimum Gasteiger partial charge on any atom is -0.378 e. The van der Waals surface area contributed by atoms with Crippen molar-refractivity contribution in [3.8, 4) is 11.3 Å². The zero-order chi connectivity index (χ0) is 19.5. The molecule has 3 aromatic rings. The lowest BCUT2D eigenvalue weighted by Gasteiger charge is -2.33. The molecule has 1 aliphatic rings. The Labute approximate surface area is 163 Å². The van der Waals surface area contributed by atoms with E-state index in [9.17, 15) is 14.7 Å². The number of nitrogens with zero attached hydrogens (tertiary/aromatic N) is 3. The van der Waals surface area contributed by atoms with Crippen molar-refractivity contribution >= 4 is 23.2 Å². The maximum absolute atomic E-state index is 12.9. The van der Waals surface area contributed by atoms with Crippen molar-refractivity contribution in [1.29, 1.82) is 0 Å². The summed E-state index contributed by atoms with van der Waals surface area (Å²) in [6, 6.07) is 19.0. The number of pyridine rings is 1. The predicted octanol–water partition coefficient (Wildman–Crippen LogP) is 2.24. The summed E-state index contributed by atoms with van der Waals surface area (Å²) in [6.45, 7) is 1.80. The summed E-state index contributed by atoms with van der Waals surface area (Å²) in [5.74, 6) is -0.346. The van der Waals surface area contributed by atoms with Crippen LogP contribution in [0.25, 0.3) is 22.2 Å². The molecule has 142 valence electrons. The summed E-state index contributed by atoms with van der Waals surface area (Å²) in [5.41, 5.74) is 2.92. The summed E-state index contributed by atoms with van der Waals surface area (Å²) < 4.78 is 0. The van der Waals surface area contributed by atoms with Crippen LogP contribution in [0.2, 0.25) is 0 Å². The van der Waals surface area contributed by atoms with Gasteiger partial charge in [-0.25, -0.2) is 4.98 Å². The van der Waals surface area contributed by atoms with Gasteiger partial charge in [0.05, 0.1) is 11.2 Å². The lowest BCUT2D eigenvalue weighted by Crippen LogP contribution is -2.49. The van der Waals surface area contributed by atoms with Crippen LogP contribution in [0, 0.1) is 0 Å². The summed E-state index contributed by atoms with van der Waals surface area (Å²) in [7, 11) is 0. The highest BCUT2D eigenvalue weighted by molar-refractivity contribution is 5.92. The second-order valence-corrected chi connectivity index (χ2v) is 6.85. The van der Waals surface area contributed by atoms with Gasteiger partial charge in [0.15, 0.2) is 6.10 Å². The minimum absolute atomic E-state index is 0.346. The number of carbonyl (C=O) groups excluding carboxylic acids is 2. The Bertz CT molecular complexity index is 998. The molecule has 4 rings (SSSR count). The normalized spacial score (nSPS) is 15.5. The van der Waals surface area contributed by atoms with Crippen LogP contribution in [0.5, 0.6) is 0 Å². The van der Waals surface area contributed by atoms with Gasteiger partial charge in [0, 0.05) is 42.7 Å². The molecule has 0 saturated carbocycles. The smallest absolute Gasteiger partial charge is 0.256 e. The van der Waals surface area contributed by atoms with E-state index in [1.165, 1.54) is 0 Å². The number of aromatic nitrogens is 1. The average Bonchev–Trinajstić information content (AvgIpc) is 2.78. The van der Waals surface area contributed by atoms with E-state index in [2.05, 4.69) is 0 Å². The molecule has 0 spiro atoms. The third-order valence-corrected chi connectivity index (χ3v) is 5.12. The van der Waals surface area contributed by atoms with Gasteiger partial charge in [0.1, 0.15) is 0 Å². The summed E-state index contributed by atoms with van der Waals surface area (Å²) in [4.78, 5) is 31.8. The zero-order valence-corrected chi connectivity index (χ0v) is 15.4. The molecule has 6 nitrogen and oxygen atoms in total. The summed E-state index contributed by atoms with van der Waals surface area (Å²) >= 11 is 0. The van der Waals surface area contributed by atoms with Crippen LogP contribution in [-0.4, -0.2) is 58.4 Å². The largest absolute Gasteiger partial charge is 0.378 e. The van der Waals surface area contributed by atoms with Crippen LogP contribution in [-0.2, 0) is 9.59 Å². The number of fused-ring (bicyclic) bond motifs is 1. The van der Waals surface area contributed by atoms with Gasteiger partial charge in [0.2, 0.25) is 6.41 Å². The van der Waals surface area contributed by atoms with Gasteiger partial charge in [-0.15, -0.1) is 0 Å². The minimum atomic E-state index is -1.28. The fourth-order valence-electron chi connectivity index (χ4n) is 3.54. The van der Waals surface area contributed by atoms with E-state index < -0.39 is 6.10 Å². The number of piperazine rings is 1. The third kappa shape index (κ3) is 3.46. The Morgan fingerprint density at radius 3 is 2.39 bits per heavy atom. The summed E-state index contributed by atoms with van der Waals surface area (Å²) in [6.07, 6.45) is -0.487. The first-order valence-electron chi connectivity index (χ1n) is 9.28. The molecule has 2 heterocycles. The Balaban J connectivity index is 1.70. The monoisotopic (exact) mass is 375 g/mol. The maximum Gasteiger partial charge on any atom is 0.256 e. The number of para-hydroxylation sites is 1. The van der Waals surface area contributed by atoms with E-state index in [1.54, 1.807) is 15.9 Å². The van der Waals surface area contributed by atoms with Gasteiger partial charge in [0.25, 0.3) is 5.91 Å². The highest BCUT2D eigenvalue weighted by Crippen LogP contribution is 2.29. The van der Waals surface area contributed by atoms with Crippen molar-refractivity contribution in [2.24, 2.45) is 0 Å². The molecule has 2 aromatic carbocycles. The van der Waals surface area contributed by atoms with E-state index in [0.717, 1.165) is 22.9 Å². The molecule has 2 amide bonds. The standard InChI is InChI=1S/C22H21N3O3/c26-15-24-10-12-25(13-11-24)22(28)21(27)18-14-20(16-6-2-1-3-7-16)23-19-9-5-4-8-17(18)19/h1-9,14-15,21,27H,10-13H2. The fraction of sp³-hybridized carbons (Fsp3) is 0.227.